The van der Waals surface area contributed by atoms with E-state index in [0.717, 1.165) is 23.4 Å². The van der Waals surface area contributed by atoms with Crippen LogP contribution in [0.25, 0.3) is 0 Å². The van der Waals surface area contributed by atoms with Crippen molar-refractivity contribution >= 4 is 17.7 Å². The summed E-state index contributed by atoms with van der Waals surface area (Å²) in [4.78, 5) is 29.6. The number of hydrogen-bond acceptors (Lipinski definition) is 4. The van der Waals surface area contributed by atoms with Crippen LogP contribution in [-0.2, 0) is 15.7 Å². The molecule has 1 atom stereocenters. The summed E-state index contributed by atoms with van der Waals surface area (Å²) in [5, 5.41) is 9.06. The van der Waals surface area contributed by atoms with Gasteiger partial charge in [0.05, 0.1) is 29.6 Å². The van der Waals surface area contributed by atoms with E-state index in [1.807, 2.05) is 0 Å². The number of alkyl halides is 3. The average molecular weight is 373 g/mol. The molecule has 2 aliphatic rings. The number of rotatable bonds is 1. The van der Waals surface area contributed by atoms with Gasteiger partial charge in [-0.3, -0.25) is 9.78 Å². The number of morpholine rings is 1. The number of likely N-dealkylation sites (tertiary alicyclic amines) is 1. The standard InChI is InChI=1S/C16H18F3N3O4/c1-10-13(23)22(12-8-20-5-2-11(12)16(17,18)19)9-15(26-10)3-6-21(7-4-15)14(24)25/h2,5,8,10H,3-4,6-7,9H2,1H3,(H,24,25). The summed E-state index contributed by atoms with van der Waals surface area (Å²) in [6, 6.07) is 0.836. The lowest BCUT2D eigenvalue weighted by molar-refractivity contribution is -0.161. The Morgan fingerprint density at radius 2 is 2.04 bits per heavy atom. The van der Waals surface area contributed by atoms with Gasteiger partial charge >= 0.3 is 12.3 Å². The highest BCUT2D eigenvalue weighted by Crippen LogP contribution is 2.40. The highest BCUT2D eigenvalue weighted by Gasteiger charge is 2.48. The van der Waals surface area contributed by atoms with Gasteiger partial charge in [0.1, 0.15) is 6.10 Å². The molecule has 142 valence electrons. The number of aromatic nitrogens is 1. The molecule has 26 heavy (non-hydrogen) atoms. The summed E-state index contributed by atoms with van der Waals surface area (Å²) in [7, 11) is 0. The molecule has 0 saturated carbocycles. The van der Waals surface area contributed by atoms with Crippen LogP contribution >= 0.6 is 0 Å². The highest BCUT2D eigenvalue weighted by atomic mass is 19.4. The topological polar surface area (TPSA) is 83.0 Å². The van der Waals surface area contributed by atoms with E-state index in [-0.39, 0.29) is 25.3 Å². The molecule has 1 N–H and O–H groups in total. The Bertz CT molecular complexity index is 717. The molecule has 2 fully saturated rings. The maximum Gasteiger partial charge on any atom is 0.418 e. The molecule has 0 radical (unpaired) electrons. The van der Waals surface area contributed by atoms with Crippen LogP contribution in [0, 0.1) is 0 Å². The Morgan fingerprint density at radius 3 is 2.62 bits per heavy atom. The number of ether oxygens (including phenoxy) is 1. The van der Waals surface area contributed by atoms with Crippen LogP contribution in [0.2, 0.25) is 0 Å². The molecule has 2 aliphatic heterocycles. The maximum absolute atomic E-state index is 13.3. The van der Waals surface area contributed by atoms with Crippen LogP contribution in [0.3, 0.4) is 0 Å². The van der Waals surface area contributed by atoms with Gasteiger partial charge in [-0.25, -0.2) is 4.79 Å². The second-order valence-corrected chi connectivity index (χ2v) is 6.53. The molecular formula is C16H18F3N3O4. The Kier molecular flexibility index (Phi) is 4.55. The molecule has 0 aliphatic carbocycles. The molecule has 1 aromatic heterocycles. The number of amides is 2. The molecular weight excluding hydrogens is 355 g/mol. The van der Waals surface area contributed by atoms with Crippen molar-refractivity contribution < 1.29 is 32.6 Å². The molecule has 7 nitrogen and oxygen atoms in total. The number of nitrogens with zero attached hydrogens (tertiary/aromatic N) is 3. The second kappa shape index (κ2) is 6.42. The summed E-state index contributed by atoms with van der Waals surface area (Å²) < 4.78 is 45.8. The van der Waals surface area contributed by atoms with Crippen LogP contribution in [0.5, 0.6) is 0 Å². The normalized spacial score (nSPS) is 23.4. The number of carbonyl (C=O) groups is 2. The maximum atomic E-state index is 13.3. The minimum absolute atomic E-state index is 0.0710. The molecule has 2 saturated heterocycles. The van der Waals surface area contributed by atoms with Gasteiger partial charge in [-0.05, 0) is 25.8 Å². The van der Waals surface area contributed by atoms with Gasteiger partial charge in [-0.2, -0.15) is 13.2 Å². The monoisotopic (exact) mass is 373 g/mol. The Balaban J connectivity index is 1.91. The van der Waals surface area contributed by atoms with E-state index in [9.17, 15) is 22.8 Å². The van der Waals surface area contributed by atoms with Crippen LogP contribution in [0.15, 0.2) is 18.5 Å². The Hall–Kier alpha value is -2.36. The first-order valence-corrected chi connectivity index (χ1v) is 8.11. The molecule has 10 heteroatoms. The average Bonchev–Trinajstić information content (AvgIpc) is 2.58. The fourth-order valence-corrected chi connectivity index (χ4v) is 3.47. The summed E-state index contributed by atoms with van der Waals surface area (Å²) in [6.45, 7) is 1.81. The summed E-state index contributed by atoms with van der Waals surface area (Å²) in [6.07, 6.45) is -3.95. The predicted molar refractivity (Wildman–Crippen MR) is 83.7 cm³/mol. The largest absolute Gasteiger partial charge is 0.465 e. The fraction of sp³-hybridized carbons (Fsp3) is 0.562. The molecule has 1 spiro atoms. The zero-order chi connectivity index (χ0) is 19.1. The summed E-state index contributed by atoms with van der Waals surface area (Å²) in [5.74, 6) is -0.574. The van der Waals surface area contributed by atoms with E-state index in [4.69, 9.17) is 9.84 Å². The Morgan fingerprint density at radius 1 is 1.38 bits per heavy atom. The molecule has 0 bridgehead atoms. The minimum atomic E-state index is -4.63. The molecule has 3 rings (SSSR count). The van der Waals surface area contributed by atoms with E-state index in [1.54, 1.807) is 0 Å². The quantitative estimate of drug-likeness (QED) is 0.817. The lowest BCUT2D eigenvalue weighted by Gasteiger charge is -2.48. The summed E-state index contributed by atoms with van der Waals surface area (Å²) >= 11 is 0. The number of anilines is 1. The van der Waals surface area contributed by atoms with Crippen molar-refractivity contribution in [2.24, 2.45) is 0 Å². The number of hydrogen-bond donors (Lipinski definition) is 1. The SMILES string of the molecule is CC1OC2(CCN(C(=O)O)CC2)CN(c2cnccc2C(F)(F)F)C1=O. The summed E-state index contributed by atoms with van der Waals surface area (Å²) in [5.41, 5.74) is -2.12. The van der Waals surface area contributed by atoms with Gasteiger partial charge in [0.2, 0.25) is 0 Å². The fourth-order valence-electron chi connectivity index (χ4n) is 3.47. The van der Waals surface area contributed by atoms with Gasteiger partial charge < -0.3 is 19.6 Å². The van der Waals surface area contributed by atoms with Crippen LogP contribution < -0.4 is 4.90 Å². The van der Waals surface area contributed by atoms with Crippen LogP contribution in [0.1, 0.15) is 25.3 Å². The van der Waals surface area contributed by atoms with Crippen LogP contribution in [-0.4, -0.2) is 58.3 Å². The van der Waals surface area contributed by atoms with Crippen molar-refractivity contribution in [2.45, 2.75) is 37.6 Å². The second-order valence-electron chi connectivity index (χ2n) is 6.53. The van der Waals surface area contributed by atoms with Gasteiger partial charge in [0.25, 0.3) is 5.91 Å². The van der Waals surface area contributed by atoms with E-state index < -0.39 is 35.4 Å². The predicted octanol–water partition coefficient (Wildman–Crippen LogP) is 2.36. The van der Waals surface area contributed by atoms with E-state index in [0.29, 0.717) is 12.8 Å². The molecule has 0 aromatic carbocycles. The van der Waals surface area contributed by atoms with Gasteiger partial charge in [-0.1, -0.05) is 0 Å². The van der Waals surface area contributed by atoms with Crippen molar-refractivity contribution in [2.75, 3.05) is 24.5 Å². The lowest BCUT2D eigenvalue weighted by atomic mass is 9.88. The number of pyridine rings is 1. The van der Waals surface area contributed by atoms with Crippen molar-refractivity contribution in [3.63, 3.8) is 0 Å². The first kappa shape index (κ1) is 18.4. The van der Waals surface area contributed by atoms with Gasteiger partial charge in [-0.15, -0.1) is 0 Å². The third-order valence-corrected chi connectivity index (χ3v) is 4.83. The number of halogens is 3. The smallest absolute Gasteiger partial charge is 0.418 e. The van der Waals surface area contributed by atoms with Crippen molar-refractivity contribution in [1.82, 2.24) is 9.88 Å². The van der Waals surface area contributed by atoms with E-state index >= 15 is 0 Å². The molecule has 1 unspecified atom stereocenters. The minimum Gasteiger partial charge on any atom is -0.465 e. The third-order valence-electron chi connectivity index (χ3n) is 4.83. The lowest BCUT2D eigenvalue weighted by Crippen LogP contribution is -2.62. The zero-order valence-electron chi connectivity index (χ0n) is 14.0. The number of piperidine rings is 1. The van der Waals surface area contributed by atoms with Gasteiger partial charge in [0, 0.05) is 19.3 Å². The van der Waals surface area contributed by atoms with Crippen LogP contribution in [0.4, 0.5) is 23.7 Å². The van der Waals surface area contributed by atoms with Gasteiger partial charge in [0.15, 0.2) is 0 Å². The first-order chi connectivity index (χ1) is 12.1. The number of carbonyl (C=O) groups excluding carboxylic acids is 1. The van der Waals surface area contributed by atoms with Crippen molar-refractivity contribution in [1.29, 1.82) is 0 Å². The third kappa shape index (κ3) is 3.33. The molecule has 1 aromatic rings. The van der Waals surface area contributed by atoms with E-state index in [2.05, 4.69) is 4.98 Å². The number of carboxylic acid groups (broad SMARTS) is 1. The first-order valence-electron chi connectivity index (χ1n) is 8.11. The molecule has 3 heterocycles. The van der Waals surface area contributed by atoms with Crippen molar-refractivity contribution in [3.05, 3.63) is 24.0 Å². The highest BCUT2D eigenvalue weighted by molar-refractivity contribution is 5.97. The Labute approximate surface area is 147 Å². The zero-order valence-corrected chi connectivity index (χ0v) is 14.0. The van der Waals surface area contributed by atoms with E-state index in [1.165, 1.54) is 11.8 Å². The van der Waals surface area contributed by atoms with Crippen molar-refractivity contribution in [3.8, 4) is 0 Å². The molecule has 2 amide bonds.